The Kier molecular flexibility index (Phi) is 4.79. The van der Waals surface area contributed by atoms with Crippen LogP contribution in [0, 0.1) is 20.8 Å². The standard InChI is InChI=1S/C19H22O2/c1-13-11-14(2)19(15(3)12-13)18(20)10-7-16-5-8-17(21-4)9-6-16/h5-6,8-9,11-12H,7,10H2,1-4H3. The van der Waals surface area contributed by atoms with Gasteiger partial charge in [0.15, 0.2) is 5.78 Å². The number of rotatable bonds is 5. The number of ether oxygens (including phenoxy) is 1. The highest BCUT2D eigenvalue weighted by atomic mass is 16.5. The molecule has 2 heteroatoms. The van der Waals surface area contributed by atoms with Crippen LogP contribution in [-0.2, 0) is 6.42 Å². The maximum atomic E-state index is 12.5. The van der Waals surface area contributed by atoms with Gasteiger partial charge in [-0.25, -0.2) is 0 Å². The second kappa shape index (κ2) is 6.57. The third-order valence-electron chi connectivity index (χ3n) is 3.76. The van der Waals surface area contributed by atoms with Crippen molar-refractivity contribution in [1.29, 1.82) is 0 Å². The molecule has 0 unspecified atom stereocenters. The molecule has 0 aliphatic carbocycles. The summed E-state index contributed by atoms with van der Waals surface area (Å²) in [6.07, 6.45) is 1.30. The predicted molar refractivity (Wildman–Crippen MR) is 86.3 cm³/mol. The summed E-state index contributed by atoms with van der Waals surface area (Å²) in [7, 11) is 1.65. The molecule has 0 heterocycles. The van der Waals surface area contributed by atoms with E-state index >= 15 is 0 Å². The zero-order valence-electron chi connectivity index (χ0n) is 13.2. The lowest BCUT2D eigenvalue weighted by atomic mass is 9.93. The normalized spacial score (nSPS) is 10.5. The molecule has 21 heavy (non-hydrogen) atoms. The number of benzene rings is 2. The van der Waals surface area contributed by atoms with Crippen LogP contribution in [0.25, 0.3) is 0 Å². The van der Waals surface area contributed by atoms with Gasteiger partial charge < -0.3 is 4.74 Å². The van der Waals surface area contributed by atoms with E-state index in [1.807, 2.05) is 38.1 Å². The quantitative estimate of drug-likeness (QED) is 0.758. The minimum atomic E-state index is 0.223. The second-order valence-electron chi connectivity index (χ2n) is 5.54. The van der Waals surface area contributed by atoms with Crippen LogP contribution in [0.3, 0.4) is 0 Å². The first-order valence-electron chi connectivity index (χ1n) is 7.25. The summed E-state index contributed by atoms with van der Waals surface area (Å²) in [4.78, 5) is 12.5. The molecular formula is C19H22O2. The fraction of sp³-hybridized carbons (Fsp3) is 0.316. The predicted octanol–water partition coefficient (Wildman–Crippen LogP) is 4.44. The lowest BCUT2D eigenvalue weighted by Crippen LogP contribution is -2.06. The van der Waals surface area contributed by atoms with Crippen molar-refractivity contribution in [2.45, 2.75) is 33.6 Å². The number of Topliss-reactive ketones (excluding diaryl/α,β-unsaturated/α-hetero) is 1. The Bertz CT molecular complexity index is 616. The van der Waals surface area contributed by atoms with Crippen LogP contribution in [0.4, 0.5) is 0 Å². The summed E-state index contributed by atoms with van der Waals surface area (Å²) in [5, 5.41) is 0. The van der Waals surface area contributed by atoms with Gasteiger partial charge in [0.05, 0.1) is 7.11 Å². The average molecular weight is 282 g/mol. The van der Waals surface area contributed by atoms with Crippen molar-refractivity contribution >= 4 is 5.78 Å². The Morgan fingerprint density at radius 3 is 2.10 bits per heavy atom. The molecule has 0 amide bonds. The number of ketones is 1. The van der Waals surface area contributed by atoms with Crippen LogP contribution in [0.5, 0.6) is 5.75 Å². The highest BCUT2D eigenvalue weighted by Crippen LogP contribution is 2.20. The monoisotopic (exact) mass is 282 g/mol. The first-order chi connectivity index (χ1) is 10.0. The van der Waals surface area contributed by atoms with Crippen molar-refractivity contribution in [3.63, 3.8) is 0 Å². The van der Waals surface area contributed by atoms with E-state index in [2.05, 4.69) is 19.1 Å². The molecule has 0 N–H and O–H groups in total. The van der Waals surface area contributed by atoms with Gasteiger partial charge in [0, 0.05) is 12.0 Å². The molecule has 0 atom stereocenters. The molecule has 0 radical (unpaired) electrons. The highest BCUT2D eigenvalue weighted by Gasteiger charge is 2.12. The Hall–Kier alpha value is -2.09. The van der Waals surface area contributed by atoms with E-state index in [4.69, 9.17) is 4.74 Å². The molecule has 0 aliphatic rings. The van der Waals surface area contributed by atoms with Crippen molar-refractivity contribution in [2.75, 3.05) is 7.11 Å². The molecule has 110 valence electrons. The van der Waals surface area contributed by atoms with Gasteiger partial charge in [0.25, 0.3) is 0 Å². The molecule has 2 aromatic rings. The van der Waals surface area contributed by atoms with Crippen LogP contribution in [0.1, 0.15) is 39.0 Å². The molecule has 2 nitrogen and oxygen atoms in total. The Balaban J connectivity index is 2.08. The van der Waals surface area contributed by atoms with Gasteiger partial charge in [-0.1, -0.05) is 29.8 Å². The van der Waals surface area contributed by atoms with E-state index in [-0.39, 0.29) is 5.78 Å². The average Bonchev–Trinajstić information content (AvgIpc) is 2.44. The van der Waals surface area contributed by atoms with E-state index in [0.29, 0.717) is 6.42 Å². The number of hydrogen-bond donors (Lipinski definition) is 0. The number of aryl methyl sites for hydroxylation is 4. The summed E-state index contributed by atoms with van der Waals surface area (Å²) in [6, 6.07) is 12.0. The molecule has 0 spiro atoms. The van der Waals surface area contributed by atoms with Gasteiger partial charge >= 0.3 is 0 Å². The van der Waals surface area contributed by atoms with Crippen LogP contribution >= 0.6 is 0 Å². The topological polar surface area (TPSA) is 26.3 Å². The van der Waals surface area contributed by atoms with E-state index in [1.54, 1.807) is 7.11 Å². The van der Waals surface area contributed by atoms with Crippen molar-refractivity contribution in [1.82, 2.24) is 0 Å². The van der Waals surface area contributed by atoms with Gasteiger partial charge in [-0.2, -0.15) is 0 Å². The number of carbonyl (C=O) groups is 1. The van der Waals surface area contributed by atoms with Crippen LogP contribution in [0.15, 0.2) is 36.4 Å². The molecule has 2 rings (SSSR count). The van der Waals surface area contributed by atoms with Crippen LogP contribution < -0.4 is 4.74 Å². The minimum absolute atomic E-state index is 0.223. The number of carbonyl (C=O) groups excluding carboxylic acids is 1. The van der Waals surface area contributed by atoms with Crippen LogP contribution in [0.2, 0.25) is 0 Å². The molecule has 0 aliphatic heterocycles. The molecule has 0 fully saturated rings. The molecule has 2 aromatic carbocycles. The zero-order chi connectivity index (χ0) is 15.4. The minimum Gasteiger partial charge on any atom is -0.497 e. The summed E-state index contributed by atoms with van der Waals surface area (Å²) in [5.41, 5.74) is 5.40. The smallest absolute Gasteiger partial charge is 0.163 e. The second-order valence-corrected chi connectivity index (χ2v) is 5.54. The Morgan fingerprint density at radius 2 is 1.57 bits per heavy atom. The van der Waals surface area contributed by atoms with Gasteiger partial charge in [-0.3, -0.25) is 4.79 Å². The first-order valence-corrected chi connectivity index (χ1v) is 7.25. The maximum Gasteiger partial charge on any atom is 0.163 e. The van der Waals surface area contributed by atoms with Crippen molar-refractivity contribution in [3.8, 4) is 5.75 Å². The molecule has 0 bridgehead atoms. The summed E-state index contributed by atoms with van der Waals surface area (Å²) < 4.78 is 5.14. The van der Waals surface area contributed by atoms with Gasteiger partial charge in [0.2, 0.25) is 0 Å². The third-order valence-corrected chi connectivity index (χ3v) is 3.76. The molecule has 0 aromatic heterocycles. The summed E-state index contributed by atoms with van der Waals surface area (Å²) in [6.45, 7) is 6.09. The van der Waals surface area contributed by atoms with E-state index in [1.165, 1.54) is 5.56 Å². The maximum absolute atomic E-state index is 12.5. The van der Waals surface area contributed by atoms with E-state index in [9.17, 15) is 4.79 Å². The molecular weight excluding hydrogens is 260 g/mol. The molecule has 0 saturated heterocycles. The largest absolute Gasteiger partial charge is 0.497 e. The molecule has 0 saturated carbocycles. The van der Waals surface area contributed by atoms with E-state index < -0.39 is 0 Å². The van der Waals surface area contributed by atoms with Gasteiger partial charge in [0.1, 0.15) is 5.75 Å². The van der Waals surface area contributed by atoms with Crippen molar-refractivity contribution < 1.29 is 9.53 Å². The van der Waals surface area contributed by atoms with E-state index in [0.717, 1.165) is 34.4 Å². The van der Waals surface area contributed by atoms with Crippen LogP contribution in [-0.4, -0.2) is 12.9 Å². The Labute approximate surface area is 126 Å². The highest BCUT2D eigenvalue weighted by molar-refractivity contribution is 5.99. The zero-order valence-corrected chi connectivity index (χ0v) is 13.2. The number of hydrogen-bond acceptors (Lipinski definition) is 2. The lowest BCUT2D eigenvalue weighted by molar-refractivity contribution is 0.0981. The fourth-order valence-corrected chi connectivity index (χ4v) is 2.79. The van der Waals surface area contributed by atoms with Gasteiger partial charge in [-0.05, 0) is 56.0 Å². The first kappa shape index (κ1) is 15.3. The summed E-state index contributed by atoms with van der Waals surface area (Å²) in [5.74, 6) is 1.07. The van der Waals surface area contributed by atoms with Crippen molar-refractivity contribution in [3.05, 3.63) is 64.2 Å². The fourth-order valence-electron chi connectivity index (χ4n) is 2.79. The van der Waals surface area contributed by atoms with Crippen molar-refractivity contribution in [2.24, 2.45) is 0 Å². The summed E-state index contributed by atoms with van der Waals surface area (Å²) >= 11 is 0. The number of methoxy groups -OCH3 is 1. The lowest BCUT2D eigenvalue weighted by Gasteiger charge is -2.10. The third kappa shape index (κ3) is 3.72. The van der Waals surface area contributed by atoms with Gasteiger partial charge in [-0.15, -0.1) is 0 Å². The Morgan fingerprint density at radius 1 is 1.00 bits per heavy atom. The SMILES string of the molecule is COc1ccc(CCC(=O)c2c(C)cc(C)cc2C)cc1.